The standard InChI is InChI=1S/C14H30P2.2CH3.Ti/c1-5-7-14(8-6-2)10-12(15-3)9-13(11-14)16-4;;;/h12-13,15-16H,5-11H2,1-4H3;2*1H3;/q;2*-1;+2. The molecule has 1 fully saturated rings. The van der Waals surface area contributed by atoms with Crippen molar-refractivity contribution in [2.45, 2.75) is 70.1 Å². The first kappa shape index (κ1) is 25.5. The third kappa shape index (κ3) is 7.95. The molecule has 19 heavy (non-hydrogen) atoms. The Morgan fingerprint density at radius 2 is 1.26 bits per heavy atom. The van der Waals surface area contributed by atoms with E-state index in [1.165, 1.54) is 42.8 Å². The minimum absolute atomic E-state index is 0. The van der Waals surface area contributed by atoms with Crippen LogP contribution < -0.4 is 0 Å². The van der Waals surface area contributed by atoms with Crippen LogP contribution in [0.25, 0.3) is 0 Å². The third-order valence-corrected chi connectivity index (χ3v) is 6.82. The van der Waals surface area contributed by atoms with Crippen molar-refractivity contribution in [3.8, 4) is 0 Å². The van der Waals surface area contributed by atoms with Crippen molar-refractivity contribution in [3.63, 3.8) is 0 Å². The molecule has 114 valence electrons. The topological polar surface area (TPSA) is 0 Å². The zero-order chi connectivity index (χ0) is 12.0. The molecule has 0 radical (unpaired) electrons. The fourth-order valence-electron chi connectivity index (χ4n) is 3.67. The summed E-state index contributed by atoms with van der Waals surface area (Å²) in [5, 5.41) is 0. The predicted octanol–water partition coefficient (Wildman–Crippen LogP) is 6.01. The third-order valence-electron chi connectivity index (χ3n) is 4.31. The van der Waals surface area contributed by atoms with Crippen LogP contribution in [0.15, 0.2) is 0 Å². The maximum absolute atomic E-state index is 2.43. The van der Waals surface area contributed by atoms with Crippen molar-refractivity contribution in [1.29, 1.82) is 0 Å². The molecular weight excluding hydrogens is 302 g/mol. The van der Waals surface area contributed by atoms with Gasteiger partial charge in [0.15, 0.2) is 0 Å². The maximum atomic E-state index is 2.43. The van der Waals surface area contributed by atoms with Crippen molar-refractivity contribution < 1.29 is 21.7 Å². The summed E-state index contributed by atoms with van der Waals surface area (Å²) in [6, 6.07) is 0. The molecule has 1 rings (SSSR count). The molecule has 0 saturated heterocycles. The minimum Gasteiger partial charge on any atom is -0.358 e. The van der Waals surface area contributed by atoms with Crippen molar-refractivity contribution in [3.05, 3.63) is 14.9 Å². The Morgan fingerprint density at radius 1 is 0.895 bits per heavy atom. The van der Waals surface area contributed by atoms with E-state index in [0.717, 1.165) is 16.7 Å². The van der Waals surface area contributed by atoms with Gasteiger partial charge >= 0.3 is 21.7 Å². The quantitative estimate of drug-likeness (QED) is 0.316. The molecule has 3 heteroatoms. The Balaban J connectivity index is -0.000000853. The number of hydrogen-bond donors (Lipinski definition) is 0. The molecule has 0 nitrogen and oxygen atoms in total. The van der Waals surface area contributed by atoms with E-state index < -0.39 is 0 Å². The summed E-state index contributed by atoms with van der Waals surface area (Å²) in [6.45, 7) is 9.60. The predicted molar refractivity (Wildman–Crippen MR) is 95.0 cm³/mol. The van der Waals surface area contributed by atoms with Crippen LogP contribution in [0.3, 0.4) is 0 Å². The monoisotopic (exact) mass is 338 g/mol. The van der Waals surface area contributed by atoms with E-state index in [4.69, 9.17) is 0 Å². The van der Waals surface area contributed by atoms with Gasteiger partial charge in [0.2, 0.25) is 0 Å². The summed E-state index contributed by atoms with van der Waals surface area (Å²) in [6.07, 6.45) is 10.4. The smallest absolute Gasteiger partial charge is 0.358 e. The number of hydrogen-bond acceptors (Lipinski definition) is 0. The molecule has 4 unspecified atom stereocenters. The van der Waals surface area contributed by atoms with Crippen LogP contribution in [-0.2, 0) is 21.7 Å². The average Bonchev–Trinajstić information content (AvgIpc) is 2.29. The first-order chi connectivity index (χ1) is 7.69. The molecule has 1 aliphatic carbocycles. The normalized spacial score (nSPS) is 25.9. The first-order valence-corrected chi connectivity index (χ1v) is 10.2. The van der Waals surface area contributed by atoms with Crippen LogP contribution in [0.1, 0.15) is 58.8 Å². The zero-order valence-electron chi connectivity index (χ0n) is 14.1. The van der Waals surface area contributed by atoms with Crippen LogP contribution in [-0.4, -0.2) is 24.6 Å². The molecule has 0 aliphatic heterocycles. The van der Waals surface area contributed by atoms with Crippen molar-refractivity contribution >= 4 is 17.2 Å². The summed E-state index contributed by atoms with van der Waals surface area (Å²) in [5.41, 5.74) is 2.86. The van der Waals surface area contributed by atoms with Gasteiger partial charge in [-0.3, -0.25) is 0 Å². The van der Waals surface area contributed by atoms with Crippen LogP contribution in [0.4, 0.5) is 0 Å². The largest absolute Gasteiger partial charge is 2.00 e. The van der Waals surface area contributed by atoms with Crippen LogP contribution >= 0.6 is 17.2 Å². The molecule has 0 spiro atoms. The molecule has 1 aliphatic rings. The van der Waals surface area contributed by atoms with Gasteiger partial charge in [-0.25, -0.2) is 0 Å². The van der Waals surface area contributed by atoms with E-state index >= 15 is 0 Å². The van der Waals surface area contributed by atoms with Gasteiger partial charge in [0.1, 0.15) is 0 Å². The Bertz CT molecular complexity index is 177. The van der Waals surface area contributed by atoms with E-state index in [0.29, 0.717) is 0 Å². The Morgan fingerprint density at radius 3 is 1.53 bits per heavy atom. The second-order valence-corrected chi connectivity index (χ2v) is 8.40. The van der Waals surface area contributed by atoms with E-state index in [2.05, 4.69) is 27.2 Å². The molecule has 0 aromatic heterocycles. The van der Waals surface area contributed by atoms with Crippen LogP contribution in [0.5, 0.6) is 0 Å². The van der Waals surface area contributed by atoms with Crippen molar-refractivity contribution in [2.75, 3.05) is 13.3 Å². The van der Waals surface area contributed by atoms with Gasteiger partial charge in [-0.15, -0.1) is 17.2 Å². The van der Waals surface area contributed by atoms with Crippen molar-refractivity contribution in [2.24, 2.45) is 5.41 Å². The molecule has 0 bridgehead atoms. The Labute approximate surface area is 142 Å². The van der Waals surface area contributed by atoms with E-state index in [1.54, 1.807) is 19.3 Å². The van der Waals surface area contributed by atoms with Gasteiger partial charge in [0.05, 0.1) is 0 Å². The van der Waals surface area contributed by atoms with E-state index in [-0.39, 0.29) is 36.6 Å². The minimum atomic E-state index is 0. The molecule has 0 heterocycles. The van der Waals surface area contributed by atoms with Gasteiger partial charge in [-0.2, -0.15) is 0 Å². The summed E-state index contributed by atoms with van der Waals surface area (Å²) in [4.78, 5) is 0. The average molecular weight is 338 g/mol. The van der Waals surface area contributed by atoms with Gasteiger partial charge in [-0.05, 0) is 62.2 Å². The summed E-state index contributed by atoms with van der Waals surface area (Å²) in [5.74, 6) is 0. The SMILES string of the molecule is CCCC1(CCC)CC(PC)CC(PC)C1.[CH3-].[CH3-].[Ti+2]. The maximum Gasteiger partial charge on any atom is 2.00 e. The summed E-state index contributed by atoms with van der Waals surface area (Å²) >= 11 is 0. The van der Waals surface area contributed by atoms with Crippen LogP contribution in [0.2, 0.25) is 0 Å². The molecule has 0 aromatic carbocycles. The van der Waals surface area contributed by atoms with Gasteiger partial charge in [0, 0.05) is 0 Å². The van der Waals surface area contributed by atoms with Crippen molar-refractivity contribution in [1.82, 2.24) is 0 Å². The molecule has 0 amide bonds. The summed E-state index contributed by atoms with van der Waals surface area (Å²) < 4.78 is 0. The molecule has 0 N–H and O–H groups in total. The fraction of sp³-hybridized carbons (Fsp3) is 0.875. The molecule has 0 aromatic rings. The zero-order valence-corrected chi connectivity index (χ0v) is 17.7. The van der Waals surface area contributed by atoms with Gasteiger partial charge in [0.25, 0.3) is 0 Å². The Kier molecular flexibility index (Phi) is 17.8. The Hall–Kier alpha value is 1.57. The second kappa shape index (κ2) is 13.3. The van der Waals surface area contributed by atoms with E-state index in [1.807, 2.05) is 0 Å². The molecule has 4 atom stereocenters. The molecular formula is C16H36P2Ti. The van der Waals surface area contributed by atoms with Gasteiger partial charge in [-0.1, -0.05) is 26.7 Å². The first-order valence-electron chi connectivity index (χ1n) is 7.04. The number of rotatable bonds is 6. The molecule has 1 saturated carbocycles. The van der Waals surface area contributed by atoms with E-state index in [9.17, 15) is 0 Å². The van der Waals surface area contributed by atoms with Gasteiger partial charge < -0.3 is 14.9 Å². The fourth-order valence-corrected chi connectivity index (χ4v) is 6.22. The summed E-state index contributed by atoms with van der Waals surface area (Å²) in [7, 11) is 2.35. The van der Waals surface area contributed by atoms with Crippen LogP contribution in [0, 0.1) is 20.3 Å². The second-order valence-electron chi connectivity index (χ2n) is 5.62.